The van der Waals surface area contributed by atoms with Gasteiger partial charge in [0.15, 0.2) is 0 Å². The van der Waals surface area contributed by atoms with Crippen LogP contribution in [-0.4, -0.2) is 11.8 Å². The second kappa shape index (κ2) is 3.52. The molecular weight excluding hydrogens is 202 g/mol. The summed E-state index contributed by atoms with van der Waals surface area (Å²) in [6.45, 7) is 2.06. The highest BCUT2D eigenvalue weighted by Gasteiger charge is 2.25. The molecule has 1 aliphatic rings. The maximum Gasteiger partial charge on any atom is 0.0409 e. The summed E-state index contributed by atoms with van der Waals surface area (Å²) >= 11 is 7.82. The van der Waals surface area contributed by atoms with Crippen LogP contribution in [0.25, 0.3) is 0 Å². The van der Waals surface area contributed by atoms with Crippen molar-refractivity contribution in [2.75, 3.05) is 5.75 Å². The van der Waals surface area contributed by atoms with E-state index < -0.39 is 0 Å². The smallest absolute Gasteiger partial charge is 0.0409 e. The van der Waals surface area contributed by atoms with Crippen molar-refractivity contribution in [3.8, 4) is 0 Å². The van der Waals surface area contributed by atoms with Crippen molar-refractivity contribution in [1.82, 2.24) is 0 Å². The number of nitrogens with two attached hydrogens (primary N) is 1. The van der Waals surface area contributed by atoms with Gasteiger partial charge >= 0.3 is 0 Å². The lowest BCUT2D eigenvalue weighted by molar-refractivity contribution is 0.622. The van der Waals surface area contributed by atoms with Gasteiger partial charge in [-0.15, -0.1) is 11.8 Å². The Balaban J connectivity index is 2.40. The zero-order valence-corrected chi connectivity index (χ0v) is 9.03. The first kappa shape index (κ1) is 9.38. The first-order chi connectivity index (χ1) is 6.18. The molecule has 2 unspecified atom stereocenters. The minimum absolute atomic E-state index is 0.215. The average molecular weight is 214 g/mol. The number of hydrogen-bond donors (Lipinski definition) is 1. The first-order valence-electron chi connectivity index (χ1n) is 4.36. The van der Waals surface area contributed by atoms with Crippen LogP contribution in [0.3, 0.4) is 0 Å². The zero-order chi connectivity index (χ0) is 9.42. The van der Waals surface area contributed by atoms with Gasteiger partial charge in [0.2, 0.25) is 0 Å². The zero-order valence-electron chi connectivity index (χ0n) is 7.46. The molecule has 1 aromatic rings. The van der Waals surface area contributed by atoms with Crippen LogP contribution in [-0.2, 0) is 0 Å². The van der Waals surface area contributed by atoms with Crippen LogP contribution in [0.4, 0.5) is 0 Å². The lowest BCUT2D eigenvalue weighted by Crippen LogP contribution is -2.24. The number of benzene rings is 1. The maximum atomic E-state index is 5.94. The minimum Gasteiger partial charge on any atom is -0.327 e. The SMILES string of the molecule is CC(N)C1CSc2ccc(Cl)cc21. The van der Waals surface area contributed by atoms with E-state index in [2.05, 4.69) is 13.0 Å². The number of halogens is 1. The monoisotopic (exact) mass is 213 g/mol. The molecule has 0 spiro atoms. The summed E-state index contributed by atoms with van der Waals surface area (Å²) in [5.41, 5.74) is 7.23. The molecular formula is C10H12ClNS. The van der Waals surface area contributed by atoms with E-state index in [1.165, 1.54) is 10.5 Å². The van der Waals surface area contributed by atoms with E-state index in [0.29, 0.717) is 5.92 Å². The second-order valence-corrected chi connectivity index (χ2v) is 4.96. The number of hydrogen-bond acceptors (Lipinski definition) is 2. The summed E-state index contributed by atoms with van der Waals surface area (Å²) in [4.78, 5) is 1.34. The third kappa shape index (κ3) is 1.71. The van der Waals surface area contributed by atoms with Gasteiger partial charge in [-0.3, -0.25) is 0 Å². The molecule has 2 N–H and O–H groups in total. The Morgan fingerprint density at radius 2 is 2.38 bits per heavy atom. The van der Waals surface area contributed by atoms with Gasteiger partial charge in [-0.2, -0.15) is 0 Å². The molecule has 0 amide bonds. The summed E-state index contributed by atoms with van der Waals surface area (Å²) in [6.07, 6.45) is 0. The van der Waals surface area contributed by atoms with Crippen molar-refractivity contribution in [3.05, 3.63) is 28.8 Å². The van der Waals surface area contributed by atoms with Crippen LogP contribution in [0, 0.1) is 0 Å². The Bertz CT molecular complexity index is 325. The fourth-order valence-electron chi connectivity index (χ4n) is 1.64. The van der Waals surface area contributed by atoms with Crippen molar-refractivity contribution < 1.29 is 0 Å². The third-order valence-electron chi connectivity index (χ3n) is 2.42. The van der Waals surface area contributed by atoms with Crippen molar-refractivity contribution in [2.45, 2.75) is 23.8 Å². The van der Waals surface area contributed by atoms with E-state index in [9.17, 15) is 0 Å². The predicted molar refractivity (Wildman–Crippen MR) is 58.6 cm³/mol. The molecule has 3 heteroatoms. The number of thioether (sulfide) groups is 1. The molecule has 1 aromatic carbocycles. The molecule has 0 saturated heterocycles. The fourth-order valence-corrected chi connectivity index (χ4v) is 3.21. The topological polar surface area (TPSA) is 26.0 Å². The van der Waals surface area contributed by atoms with Crippen molar-refractivity contribution in [2.24, 2.45) is 5.73 Å². The van der Waals surface area contributed by atoms with E-state index in [1.807, 2.05) is 23.9 Å². The van der Waals surface area contributed by atoms with Crippen LogP contribution in [0.1, 0.15) is 18.4 Å². The average Bonchev–Trinajstić information content (AvgIpc) is 2.46. The van der Waals surface area contributed by atoms with Gasteiger partial charge in [-0.05, 0) is 30.7 Å². The van der Waals surface area contributed by atoms with E-state index in [1.54, 1.807) is 0 Å². The summed E-state index contributed by atoms with van der Waals surface area (Å²) in [5, 5.41) is 0.812. The number of rotatable bonds is 1. The Morgan fingerprint density at radius 3 is 3.08 bits per heavy atom. The van der Waals surface area contributed by atoms with Crippen molar-refractivity contribution in [1.29, 1.82) is 0 Å². The van der Waals surface area contributed by atoms with Gasteiger partial charge in [0.1, 0.15) is 0 Å². The second-order valence-electron chi connectivity index (χ2n) is 3.46. The molecule has 1 aliphatic heterocycles. The lowest BCUT2D eigenvalue weighted by Gasteiger charge is -2.14. The molecule has 1 nitrogen and oxygen atoms in total. The van der Waals surface area contributed by atoms with E-state index in [-0.39, 0.29) is 6.04 Å². The van der Waals surface area contributed by atoms with Crippen LogP contribution >= 0.6 is 23.4 Å². The van der Waals surface area contributed by atoms with Gasteiger partial charge in [0, 0.05) is 27.6 Å². The largest absolute Gasteiger partial charge is 0.327 e. The molecule has 0 fully saturated rings. The summed E-state index contributed by atoms with van der Waals surface area (Å²) in [7, 11) is 0. The molecule has 0 saturated carbocycles. The Labute approximate surface area is 87.7 Å². The maximum absolute atomic E-state index is 5.94. The van der Waals surface area contributed by atoms with E-state index in [4.69, 9.17) is 17.3 Å². The van der Waals surface area contributed by atoms with E-state index >= 15 is 0 Å². The van der Waals surface area contributed by atoms with Crippen LogP contribution < -0.4 is 5.73 Å². The molecule has 0 aromatic heterocycles. The summed E-state index contributed by atoms with van der Waals surface area (Å²) in [6, 6.07) is 6.29. The van der Waals surface area contributed by atoms with Crippen molar-refractivity contribution >= 4 is 23.4 Å². The van der Waals surface area contributed by atoms with E-state index in [0.717, 1.165) is 10.8 Å². The van der Waals surface area contributed by atoms with Crippen LogP contribution in [0.5, 0.6) is 0 Å². The van der Waals surface area contributed by atoms with Gasteiger partial charge in [-0.25, -0.2) is 0 Å². The molecule has 13 heavy (non-hydrogen) atoms. The Kier molecular flexibility index (Phi) is 2.54. The van der Waals surface area contributed by atoms with Crippen LogP contribution in [0.2, 0.25) is 5.02 Å². The minimum atomic E-state index is 0.215. The Hall–Kier alpha value is -0.180. The molecule has 0 radical (unpaired) electrons. The molecule has 1 heterocycles. The Morgan fingerprint density at radius 1 is 1.62 bits per heavy atom. The van der Waals surface area contributed by atoms with Gasteiger partial charge in [0.25, 0.3) is 0 Å². The molecule has 2 rings (SSSR count). The predicted octanol–water partition coefficient (Wildman–Crippen LogP) is 2.88. The van der Waals surface area contributed by atoms with Crippen molar-refractivity contribution in [3.63, 3.8) is 0 Å². The molecule has 0 bridgehead atoms. The highest BCUT2D eigenvalue weighted by Crippen LogP contribution is 2.41. The van der Waals surface area contributed by atoms with Crippen LogP contribution in [0.15, 0.2) is 23.1 Å². The standard InChI is InChI=1S/C10H12ClNS/c1-6(12)9-5-13-10-3-2-7(11)4-8(9)10/h2-4,6,9H,5,12H2,1H3. The third-order valence-corrected chi connectivity index (χ3v) is 3.87. The first-order valence-corrected chi connectivity index (χ1v) is 5.72. The molecule has 70 valence electrons. The van der Waals surface area contributed by atoms with Gasteiger partial charge in [-0.1, -0.05) is 11.6 Å². The quantitative estimate of drug-likeness (QED) is 0.777. The van der Waals surface area contributed by atoms with Gasteiger partial charge in [0.05, 0.1) is 0 Å². The summed E-state index contributed by atoms with van der Waals surface area (Å²) < 4.78 is 0. The number of fused-ring (bicyclic) bond motifs is 1. The highest BCUT2D eigenvalue weighted by atomic mass is 35.5. The lowest BCUT2D eigenvalue weighted by atomic mass is 9.95. The normalized spacial score (nSPS) is 22.8. The van der Waals surface area contributed by atoms with Gasteiger partial charge < -0.3 is 5.73 Å². The highest BCUT2D eigenvalue weighted by molar-refractivity contribution is 7.99. The summed E-state index contributed by atoms with van der Waals surface area (Å²) in [5.74, 6) is 1.56. The molecule has 2 atom stereocenters. The molecule has 0 aliphatic carbocycles. The fraction of sp³-hybridized carbons (Fsp3) is 0.400.